The molecule has 0 saturated carbocycles. The quantitative estimate of drug-likeness (QED) is 0.849. The van der Waals surface area contributed by atoms with Crippen LogP contribution in [0.4, 0.5) is 5.69 Å². The maximum absolute atomic E-state index is 12.6. The van der Waals surface area contributed by atoms with Crippen LogP contribution in [0, 0.1) is 0 Å². The lowest BCUT2D eigenvalue weighted by Gasteiger charge is -2.35. The SMILES string of the molecule is COc1ccc(N2CCN(C(=O)c3cc4n(n3)CCO4)CC2)cc1. The number of amides is 1. The van der Waals surface area contributed by atoms with Gasteiger partial charge in [-0.3, -0.25) is 4.79 Å². The fraction of sp³-hybridized carbons (Fsp3) is 0.412. The Kier molecular flexibility index (Phi) is 3.76. The van der Waals surface area contributed by atoms with Gasteiger partial charge in [-0.05, 0) is 24.3 Å². The number of carbonyl (C=O) groups is 1. The highest BCUT2D eigenvalue weighted by Gasteiger charge is 2.26. The van der Waals surface area contributed by atoms with E-state index >= 15 is 0 Å². The molecule has 1 fully saturated rings. The smallest absolute Gasteiger partial charge is 0.274 e. The largest absolute Gasteiger partial charge is 0.497 e. The van der Waals surface area contributed by atoms with E-state index < -0.39 is 0 Å². The number of piperazine rings is 1. The molecule has 0 atom stereocenters. The van der Waals surface area contributed by atoms with Crippen LogP contribution in [0.5, 0.6) is 11.6 Å². The molecule has 24 heavy (non-hydrogen) atoms. The fourth-order valence-corrected chi connectivity index (χ4v) is 3.14. The summed E-state index contributed by atoms with van der Waals surface area (Å²) in [6.07, 6.45) is 0. The maximum atomic E-state index is 12.6. The van der Waals surface area contributed by atoms with Crippen LogP contribution in [0.15, 0.2) is 30.3 Å². The van der Waals surface area contributed by atoms with Gasteiger partial charge in [-0.2, -0.15) is 5.10 Å². The second kappa shape index (κ2) is 6.07. The number of fused-ring (bicyclic) bond motifs is 1. The predicted octanol–water partition coefficient (Wildman–Crippen LogP) is 1.25. The Hall–Kier alpha value is -2.70. The Morgan fingerprint density at radius 3 is 2.54 bits per heavy atom. The molecule has 1 aromatic carbocycles. The van der Waals surface area contributed by atoms with Gasteiger partial charge < -0.3 is 19.3 Å². The molecule has 0 aliphatic carbocycles. The third-order valence-electron chi connectivity index (χ3n) is 4.52. The van der Waals surface area contributed by atoms with Gasteiger partial charge in [0.15, 0.2) is 5.69 Å². The van der Waals surface area contributed by atoms with Crippen molar-refractivity contribution in [3.05, 3.63) is 36.0 Å². The lowest BCUT2D eigenvalue weighted by Crippen LogP contribution is -2.48. The van der Waals surface area contributed by atoms with E-state index in [2.05, 4.69) is 10.00 Å². The lowest BCUT2D eigenvalue weighted by molar-refractivity contribution is 0.0739. The summed E-state index contributed by atoms with van der Waals surface area (Å²) in [5.41, 5.74) is 1.62. The van der Waals surface area contributed by atoms with Crippen LogP contribution in [0.2, 0.25) is 0 Å². The zero-order chi connectivity index (χ0) is 16.5. The second-order valence-corrected chi connectivity index (χ2v) is 5.92. The molecular weight excluding hydrogens is 308 g/mol. The van der Waals surface area contributed by atoms with Crippen LogP contribution in [-0.2, 0) is 6.54 Å². The predicted molar refractivity (Wildman–Crippen MR) is 88.8 cm³/mol. The highest BCUT2D eigenvalue weighted by molar-refractivity contribution is 5.92. The monoisotopic (exact) mass is 328 g/mol. The van der Waals surface area contributed by atoms with Gasteiger partial charge in [0.2, 0.25) is 5.88 Å². The molecule has 0 radical (unpaired) electrons. The first-order valence-corrected chi connectivity index (χ1v) is 8.13. The molecule has 1 saturated heterocycles. The van der Waals surface area contributed by atoms with Crippen molar-refractivity contribution in [2.45, 2.75) is 6.54 Å². The Labute approximate surface area is 140 Å². The van der Waals surface area contributed by atoms with E-state index in [1.807, 2.05) is 29.2 Å². The minimum absolute atomic E-state index is 0.0186. The Morgan fingerprint density at radius 1 is 1.12 bits per heavy atom. The second-order valence-electron chi connectivity index (χ2n) is 5.92. The Balaban J connectivity index is 1.38. The summed E-state index contributed by atoms with van der Waals surface area (Å²) < 4.78 is 12.4. The molecule has 2 aliphatic rings. The summed E-state index contributed by atoms with van der Waals surface area (Å²) in [7, 11) is 1.66. The van der Waals surface area contributed by atoms with Crippen molar-refractivity contribution < 1.29 is 14.3 Å². The lowest BCUT2D eigenvalue weighted by atomic mass is 10.2. The van der Waals surface area contributed by atoms with Gasteiger partial charge in [0.25, 0.3) is 5.91 Å². The maximum Gasteiger partial charge on any atom is 0.274 e. The zero-order valence-electron chi connectivity index (χ0n) is 13.6. The number of hydrogen-bond donors (Lipinski definition) is 0. The van der Waals surface area contributed by atoms with E-state index in [9.17, 15) is 4.79 Å². The van der Waals surface area contributed by atoms with Gasteiger partial charge >= 0.3 is 0 Å². The topological polar surface area (TPSA) is 59.8 Å². The van der Waals surface area contributed by atoms with E-state index in [4.69, 9.17) is 9.47 Å². The number of hydrogen-bond acceptors (Lipinski definition) is 5. The van der Waals surface area contributed by atoms with E-state index in [-0.39, 0.29) is 5.91 Å². The Morgan fingerprint density at radius 2 is 1.88 bits per heavy atom. The van der Waals surface area contributed by atoms with Crippen LogP contribution in [0.1, 0.15) is 10.5 Å². The van der Waals surface area contributed by atoms with Crippen molar-refractivity contribution >= 4 is 11.6 Å². The minimum Gasteiger partial charge on any atom is -0.497 e. The fourth-order valence-electron chi connectivity index (χ4n) is 3.14. The summed E-state index contributed by atoms with van der Waals surface area (Å²) >= 11 is 0. The van der Waals surface area contributed by atoms with Crippen LogP contribution in [0.3, 0.4) is 0 Å². The van der Waals surface area contributed by atoms with Gasteiger partial charge in [0.1, 0.15) is 12.4 Å². The van der Waals surface area contributed by atoms with Crippen LogP contribution in [-0.4, -0.2) is 60.5 Å². The molecule has 4 rings (SSSR count). The molecule has 0 bridgehead atoms. The summed E-state index contributed by atoms with van der Waals surface area (Å²) in [5.74, 6) is 1.52. The van der Waals surface area contributed by atoms with Crippen LogP contribution >= 0.6 is 0 Å². The van der Waals surface area contributed by atoms with Crippen molar-refractivity contribution in [1.82, 2.24) is 14.7 Å². The minimum atomic E-state index is -0.0186. The standard InChI is InChI=1S/C17H20N4O3/c1-23-14-4-2-13(3-5-14)19-6-8-20(9-7-19)17(22)15-12-16-21(18-15)10-11-24-16/h2-5,12H,6-11H2,1H3. The summed E-state index contributed by atoms with van der Waals surface area (Å²) in [6.45, 7) is 4.34. The van der Waals surface area contributed by atoms with Gasteiger partial charge in [-0.1, -0.05) is 0 Å². The normalized spacial score (nSPS) is 16.7. The molecule has 2 aliphatic heterocycles. The first-order chi connectivity index (χ1) is 11.7. The van der Waals surface area contributed by atoms with Gasteiger partial charge in [-0.15, -0.1) is 0 Å². The molecule has 0 N–H and O–H groups in total. The van der Waals surface area contributed by atoms with Crippen molar-refractivity contribution in [3.63, 3.8) is 0 Å². The van der Waals surface area contributed by atoms with Crippen molar-refractivity contribution in [2.75, 3.05) is 44.8 Å². The van der Waals surface area contributed by atoms with Crippen LogP contribution in [0.25, 0.3) is 0 Å². The highest BCUT2D eigenvalue weighted by Crippen LogP contribution is 2.22. The van der Waals surface area contributed by atoms with Crippen molar-refractivity contribution in [3.8, 4) is 11.6 Å². The van der Waals surface area contributed by atoms with Crippen molar-refractivity contribution in [2.24, 2.45) is 0 Å². The first kappa shape index (κ1) is 14.9. The number of rotatable bonds is 3. The van der Waals surface area contributed by atoms with Gasteiger partial charge in [0.05, 0.1) is 13.7 Å². The third kappa shape index (κ3) is 2.66. The van der Waals surface area contributed by atoms with E-state index in [1.54, 1.807) is 17.9 Å². The summed E-state index contributed by atoms with van der Waals surface area (Å²) in [4.78, 5) is 16.7. The number of ether oxygens (including phenoxy) is 2. The average molecular weight is 328 g/mol. The average Bonchev–Trinajstić information content (AvgIpc) is 3.23. The molecule has 1 amide bonds. The molecule has 126 valence electrons. The Bertz CT molecular complexity index is 711. The van der Waals surface area contributed by atoms with Gasteiger partial charge in [0, 0.05) is 37.9 Å². The molecule has 0 unspecified atom stereocenters. The van der Waals surface area contributed by atoms with Gasteiger partial charge in [-0.25, -0.2) is 4.68 Å². The molecule has 0 spiro atoms. The zero-order valence-corrected chi connectivity index (χ0v) is 13.6. The van der Waals surface area contributed by atoms with Crippen molar-refractivity contribution in [1.29, 1.82) is 0 Å². The first-order valence-electron chi connectivity index (χ1n) is 8.13. The molecule has 3 heterocycles. The number of carbonyl (C=O) groups excluding carboxylic acids is 1. The molecule has 7 nitrogen and oxygen atoms in total. The van der Waals surface area contributed by atoms with E-state index in [0.29, 0.717) is 37.8 Å². The summed E-state index contributed by atoms with van der Waals surface area (Å²) in [5, 5.41) is 4.34. The number of anilines is 1. The van der Waals surface area contributed by atoms with E-state index in [0.717, 1.165) is 24.5 Å². The molecule has 7 heteroatoms. The summed E-state index contributed by atoms with van der Waals surface area (Å²) in [6, 6.07) is 9.76. The molecule has 1 aromatic heterocycles. The number of nitrogens with zero attached hydrogens (tertiary/aromatic N) is 4. The number of methoxy groups -OCH3 is 1. The highest BCUT2D eigenvalue weighted by atomic mass is 16.5. The molecular formula is C17H20N4O3. The third-order valence-corrected chi connectivity index (χ3v) is 4.52. The number of aromatic nitrogens is 2. The molecule has 2 aromatic rings. The van der Waals surface area contributed by atoms with E-state index in [1.165, 1.54) is 0 Å². The van der Waals surface area contributed by atoms with Crippen LogP contribution < -0.4 is 14.4 Å². The number of benzene rings is 1.